The van der Waals surface area contributed by atoms with E-state index in [4.69, 9.17) is 11.6 Å². The number of aromatic nitrogens is 1. The minimum atomic E-state index is -0.437. The molecular formula is C5H4ClNO2S. The third-order valence-electron chi connectivity index (χ3n) is 0.898. The first kappa shape index (κ1) is 7.50. The van der Waals surface area contributed by atoms with Gasteiger partial charge in [0.2, 0.25) is 0 Å². The maximum absolute atomic E-state index is 10.8. The maximum atomic E-state index is 10.8. The summed E-state index contributed by atoms with van der Waals surface area (Å²) < 4.78 is 8.12. The second kappa shape index (κ2) is 2.98. The fourth-order valence-corrected chi connectivity index (χ4v) is 1.30. The predicted molar refractivity (Wildman–Crippen MR) is 38.5 cm³/mol. The summed E-state index contributed by atoms with van der Waals surface area (Å²) in [4.78, 5) is 11.1. The number of methoxy groups -OCH3 is 1. The molecule has 1 rings (SSSR count). The van der Waals surface area contributed by atoms with E-state index < -0.39 is 5.97 Å². The van der Waals surface area contributed by atoms with E-state index in [0.717, 1.165) is 11.5 Å². The zero-order chi connectivity index (χ0) is 7.56. The molecule has 0 aromatic carbocycles. The molecule has 0 aliphatic carbocycles. The molecule has 1 heterocycles. The standard InChI is InChI=1S/C5H4ClNO2S/c1-9-5(8)4-3(6)2-7-10-4/h2H,1H3. The van der Waals surface area contributed by atoms with E-state index in [1.807, 2.05) is 0 Å². The van der Waals surface area contributed by atoms with Crippen molar-refractivity contribution in [1.82, 2.24) is 4.37 Å². The summed E-state index contributed by atoms with van der Waals surface area (Å²) in [5.41, 5.74) is 0. The molecular weight excluding hydrogens is 174 g/mol. The van der Waals surface area contributed by atoms with E-state index in [0.29, 0.717) is 9.90 Å². The highest BCUT2D eigenvalue weighted by Gasteiger charge is 2.12. The number of hydrogen-bond donors (Lipinski definition) is 0. The molecule has 0 spiro atoms. The van der Waals surface area contributed by atoms with Crippen molar-refractivity contribution in [2.75, 3.05) is 7.11 Å². The molecule has 0 saturated carbocycles. The lowest BCUT2D eigenvalue weighted by molar-refractivity contribution is 0.0606. The molecule has 0 fully saturated rings. The molecule has 54 valence electrons. The van der Waals surface area contributed by atoms with Crippen molar-refractivity contribution >= 4 is 29.1 Å². The number of halogens is 1. The average molecular weight is 178 g/mol. The zero-order valence-electron chi connectivity index (χ0n) is 5.13. The monoisotopic (exact) mass is 177 g/mol. The summed E-state index contributed by atoms with van der Waals surface area (Å²) in [6, 6.07) is 0. The quantitative estimate of drug-likeness (QED) is 0.612. The first-order valence-electron chi connectivity index (χ1n) is 2.44. The van der Waals surface area contributed by atoms with Crippen molar-refractivity contribution < 1.29 is 9.53 Å². The molecule has 1 aromatic heterocycles. The zero-order valence-corrected chi connectivity index (χ0v) is 6.70. The van der Waals surface area contributed by atoms with Crippen molar-refractivity contribution in [2.24, 2.45) is 0 Å². The lowest BCUT2D eigenvalue weighted by Crippen LogP contribution is -1.97. The second-order valence-electron chi connectivity index (χ2n) is 1.49. The topological polar surface area (TPSA) is 39.2 Å². The van der Waals surface area contributed by atoms with E-state index in [1.165, 1.54) is 13.3 Å². The number of carbonyl (C=O) groups is 1. The van der Waals surface area contributed by atoms with Gasteiger partial charge >= 0.3 is 5.97 Å². The van der Waals surface area contributed by atoms with Crippen LogP contribution >= 0.6 is 23.1 Å². The Morgan fingerprint density at radius 2 is 2.60 bits per heavy atom. The summed E-state index contributed by atoms with van der Waals surface area (Å²) in [6.45, 7) is 0. The molecule has 0 atom stereocenters. The third kappa shape index (κ3) is 1.27. The van der Waals surface area contributed by atoms with Crippen LogP contribution in [0.25, 0.3) is 0 Å². The normalized spacial score (nSPS) is 9.40. The Bertz CT molecular complexity index is 248. The van der Waals surface area contributed by atoms with Crippen molar-refractivity contribution in [2.45, 2.75) is 0 Å². The van der Waals surface area contributed by atoms with Crippen LogP contribution in [0.15, 0.2) is 6.20 Å². The first-order valence-corrected chi connectivity index (χ1v) is 3.59. The van der Waals surface area contributed by atoms with Gasteiger partial charge in [0, 0.05) is 0 Å². The molecule has 0 aliphatic rings. The molecule has 0 bridgehead atoms. The third-order valence-corrected chi connectivity index (χ3v) is 2.08. The number of ether oxygens (including phenoxy) is 1. The molecule has 5 heteroatoms. The molecule has 3 nitrogen and oxygen atoms in total. The second-order valence-corrected chi connectivity index (χ2v) is 2.70. The minimum Gasteiger partial charge on any atom is -0.465 e. The van der Waals surface area contributed by atoms with E-state index >= 15 is 0 Å². The van der Waals surface area contributed by atoms with E-state index in [-0.39, 0.29) is 0 Å². The van der Waals surface area contributed by atoms with Gasteiger partial charge in [0.25, 0.3) is 0 Å². The minimum absolute atomic E-state index is 0.344. The van der Waals surface area contributed by atoms with Gasteiger partial charge in [-0.15, -0.1) is 0 Å². The number of carbonyl (C=O) groups excluding carboxylic acids is 1. The largest absolute Gasteiger partial charge is 0.465 e. The SMILES string of the molecule is COC(=O)c1sncc1Cl. The van der Waals surface area contributed by atoms with Gasteiger partial charge in [-0.2, -0.15) is 4.37 Å². The van der Waals surface area contributed by atoms with Crippen LogP contribution in [-0.4, -0.2) is 17.5 Å². The highest BCUT2D eigenvalue weighted by Crippen LogP contribution is 2.19. The van der Waals surface area contributed by atoms with E-state index in [9.17, 15) is 4.79 Å². The van der Waals surface area contributed by atoms with E-state index in [1.54, 1.807) is 0 Å². The lowest BCUT2D eigenvalue weighted by atomic mass is 10.5. The maximum Gasteiger partial charge on any atom is 0.351 e. The summed E-state index contributed by atoms with van der Waals surface area (Å²) in [5.74, 6) is -0.437. The van der Waals surface area contributed by atoms with Gasteiger partial charge in [-0.05, 0) is 11.5 Å². The van der Waals surface area contributed by atoms with Crippen LogP contribution in [0.2, 0.25) is 5.02 Å². The van der Waals surface area contributed by atoms with Crippen LogP contribution in [-0.2, 0) is 4.74 Å². The van der Waals surface area contributed by atoms with Gasteiger partial charge in [-0.3, -0.25) is 0 Å². The smallest absolute Gasteiger partial charge is 0.351 e. The average Bonchev–Trinajstić information content (AvgIpc) is 2.34. The van der Waals surface area contributed by atoms with Crippen LogP contribution in [0.1, 0.15) is 9.67 Å². The van der Waals surface area contributed by atoms with Gasteiger partial charge in [0.1, 0.15) is 0 Å². The van der Waals surface area contributed by atoms with Crippen molar-refractivity contribution in [1.29, 1.82) is 0 Å². The molecule has 0 aliphatic heterocycles. The Morgan fingerprint density at radius 3 is 3.00 bits per heavy atom. The fourth-order valence-electron chi connectivity index (χ4n) is 0.455. The number of hydrogen-bond acceptors (Lipinski definition) is 4. The molecule has 10 heavy (non-hydrogen) atoms. The first-order chi connectivity index (χ1) is 4.75. The number of rotatable bonds is 1. The summed E-state index contributed by atoms with van der Waals surface area (Å²) >= 11 is 6.59. The molecule has 0 amide bonds. The molecule has 1 aromatic rings. The summed E-state index contributed by atoms with van der Waals surface area (Å²) in [7, 11) is 1.30. The molecule has 0 unspecified atom stereocenters. The van der Waals surface area contributed by atoms with Crippen LogP contribution in [0, 0.1) is 0 Å². The van der Waals surface area contributed by atoms with Gasteiger partial charge in [0.05, 0.1) is 18.3 Å². The Morgan fingerprint density at radius 1 is 1.90 bits per heavy atom. The Hall–Kier alpha value is -0.610. The Labute approximate surface area is 66.7 Å². The van der Waals surface area contributed by atoms with Crippen molar-refractivity contribution in [3.63, 3.8) is 0 Å². The Balaban J connectivity index is 2.93. The van der Waals surface area contributed by atoms with Crippen LogP contribution < -0.4 is 0 Å². The van der Waals surface area contributed by atoms with Gasteiger partial charge in [-0.1, -0.05) is 11.6 Å². The molecule has 0 saturated heterocycles. The Kier molecular flexibility index (Phi) is 2.24. The summed E-state index contributed by atoms with van der Waals surface area (Å²) in [6.07, 6.45) is 1.42. The molecule has 0 N–H and O–H groups in total. The molecule has 0 radical (unpaired) electrons. The number of esters is 1. The highest BCUT2D eigenvalue weighted by molar-refractivity contribution is 7.08. The summed E-state index contributed by atoms with van der Waals surface area (Å²) in [5, 5.41) is 0.344. The van der Waals surface area contributed by atoms with Crippen LogP contribution in [0.4, 0.5) is 0 Å². The van der Waals surface area contributed by atoms with Gasteiger partial charge < -0.3 is 4.74 Å². The van der Waals surface area contributed by atoms with Crippen molar-refractivity contribution in [3.05, 3.63) is 16.1 Å². The lowest BCUT2D eigenvalue weighted by Gasteiger charge is -1.91. The highest BCUT2D eigenvalue weighted by atomic mass is 35.5. The van der Waals surface area contributed by atoms with Crippen molar-refractivity contribution in [3.8, 4) is 0 Å². The van der Waals surface area contributed by atoms with E-state index in [2.05, 4.69) is 9.11 Å². The number of nitrogens with zero attached hydrogens (tertiary/aromatic N) is 1. The van der Waals surface area contributed by atoms with Crippen LogP contribution in [0.5, 0.6) is 0 Å². The fraction of sp³-hybridized carbons (Fsp3) is 0.200. The predicted octanol–water partition coefficient (Wildman–Crippen LogP) is 1.58. The van der Waals surface area contributed by atoms with Gasteiger partial charge in [-0.25, -0.2) is 4.79 Å². The van der Waals surface area contributed by atoms with Crippen LogP contribution in [0.3, 0.4) is 0 Å². The van der Waals surface area contributed by atoms with Gasteiger partial charge in [0.15, 0.2) is 4.88 Å².